The van der Waals surface area contributed by atoms with Crippen molar-refractivity contribution in [2.45, 2.75) is 45.8 Å². The highest BCUT2D eigenvalue weighted by Gasteiger charge is 2.29. The van der Waals surface area contributed by atoms with Gasteiger partial charge in [-0.05, 0) is 51.8 Å². The second kappa shape index (κ2) is 5.92. The first-order valence-electron chi connectivity index (χ1n) is 7.25. The van der Waals surface area contributed by atoms with Crippen molar-refractivity contribution in [3.05, 3.63) is 29.6 Å². The molecule has 0 bridgehead atoms. The number of carbonyl (C=O) groups is 1. The van der Waals surface area contributed by atoms with Crippen molar-refractivity contribution < 1.29 is 13.9 Å². The van der Waals surface area contributed by atoms with E-state index in [1.165, 1.54) is 12.1 Å². The van der Waals surface area contributed by atoms with Crippen LogP contribution < -0.4 is 5.32 Å². The number of halogens is 1. The Morgan fingerprint density at radius 1 is 1.43 bits per heavy atom. The van der Waals surface area contributed by atoms with E-state index >= 15 is 0 Å². The second-order valence-electron chi connectivity index (χ2n) is 6.52. The van der Waals surface area contributed by atoms with Crippen molar-refractivity contribution in [2.75, 3.05) is 18.4 Å². The Kier molecular flexibility index (Phi) is 4.40. The quantitative estimate of drug-likeness (QED) is 0.907. The number of nitrogens with one attached hydrogen (secondary N) is 1. The average molecular weight is 294 g/mol. The molecule has 1 fully saturated rings. The molecular weight excluding hydrogens is 271 g/mol. The third kappa shape index (κ3) is 4.34. The van der Waals surface area contributed by atoms with Crippen LogP contribution in [0.4, 0.5) is 14.9 Å². The van der Waals surface area contributed by atoms with Gasteiger partial charge in [-0.3, -0.25) is 0 Å². The maximum Gasteiger partial charge on any atom is 0.410 e. The second-order valence-corrected chi connectivity index (χ2v) is 6.52. The lowest BCUT2D eigenvalue weighted by Gasteiger charge is -2.24. The molecule has 0 aliphatic carbocycles. The lowest BCUT2D eigenvalue weighted by molar-refractivity contribution is 0.0293. The van der Waals surface area contributed by atoms with Gasteiger partial charge in [0.05, 0.1) is 0 Å². The van der Waals surface area contributed by atoms with Crippen LogP contribution in [0.15, 0.2) is 18.2 Å². The molecule has 1 aromatic carbocycles. The van der Waals surface area contributed by atoms with Crippen molar-refractivity contribution in [1.82, 2.24) is 4.90 Å². The number of carbonyl (C=O) groups excluding carboxylic acids is 1. The summed E-state index contributed by atoms with van der Waals surface area (Å²) < 4.78 is 18.6. The van der Waals surface area contributed by atoms with E-state index in [2.05, 4.69) is 5.32 Å². The number of anilines is 1. The summed E-state index contributed by atoms with van der Waals surface area (Å²) in [6.45, 7) is 8.72. The zero-order chi connectivity index (χ0) is 15.6. The molecule has 4 nitrogen and oxygen atoms in total. The number of likely N-dealkylation sites (tertiary alicyclic amines) is 1. The minimum Gasteiger partial charge on any atom is -0.444 e. The number of amides is 1. The predicted octanol–water partition coefficient (Wildman–Crippen LogP) is 3.56. The van der Waals surface area contributed by atoms with Gasteiger partial charge in [0.15, 0.2) is 0 Å². The predicted molar refractivity (Wildman–Crippen MR) is 81.0 cm³/mol. The van der Waals surface area contributed by atoms with Crippen LogP contribution >= 0.6 is 0 Å². The number of hydrogen-bond acceptors (Lipinski definition) is 3. The highest BCUT2D eigenvalue weighted by Crippen LogP contribution is 2.21. The molecule has 0 aromatic heterocycles. The van der Waals surface area contributed by atoms with Gasteiger partial charge in [0, 0.05) is 24.8 Å². The van der Waals surface area contributed by atoms with Crippen LogP contribution in [0.1, 0.15) is 32.8 Å². The Bertz CT molecular complexity index is 525. The van der Waals surface area contributed by atoms with Gasteiger partial charge in [-0.15, -0.1) is 0 Å². The smallest absolute Gasteiger partial charge is 0.410 e. The first-order chi connectivity index (χ1) is 9.74. The number of rotatable bonds is 2. The third-order valence-corrected chi connectivity index (χ3v) is 3.40. The van der Waals surface area contributed by atoms with E-state index in [4.69, 9.17) is 4.74 Å². The molecule has 1 heterocycles. The van der Waals surface area contributed by atoms with Crippen LogP contribution in [0.5, 0.6) is 0 Å². The fraction of sp³-hybridized carbons (Fsp3) is 0.562. The van der Waals surface area contributed by atoms with Gasteiger partial charge in [-0.1, -0.05) is 6.07 Å². The molecule has 5 heteroatoms. The summed E-state index contributed by atoms with van der Waals surface area (Å²) in [6, 6.07) is 4.81. The van der Waals surface area contributed by atoms with Gasteiger partial charge in [0.2, 0.25) is 0 Å². The molecule has 21 heavy (non-hydrogen) atoms. The largest absolute Gasteiger partial charge is 0.444 e. The highest BCUT2D eigenvalue weighted by atomic mass is 19.1. The van der Waals surface area contributed by atoms with Crippen LogP contribution in [0, 0.1) is 12.7 Å². The van der Waals surface area contributed by atoms with Crippen LogP contribution in [0.2, 0.25) is 0 Å². The van der Waals surface area contributed by atoms with Crippen molar-refractivity contribution in [3.63, 3.8) is 0 Å². The van der Waals surface area contributed by atoms with Crippen molar-refractivity contribution in [3.8, 4) is 0 Å². The molecule has 1 N–H and O–H groups in total. The first kappa shape index (κ1) is 15.6. The fourth-order valence-corrected chi connectivity index (χ4v) is 2.34. The number of ether oxygens (including phenoxy) is 1. The number of aryl methyl sites for hydroxylation is 1. The van der Waals surface area contributed by atoms with E-state index in [1.807, 2.05) is 27.7 Å². The summed E-state index contributed by atoms with van der Waals surface area (Å²) in [5, 5.41) is 3.31. The molecule has 0 spiro atoms. The minimum absolute atomic E-state index is 0.123. The summed E-state index contributed by atoms with van der Waals surface area (Å²) in [4.78, 5) is 13.7. The molecule has 1 saturated heterocycles. The van der Waals surface area contributed by atoms with Gasteiger partial charge < -0.3 is 15.0 Å². The Morgan fingerprint density at radius 3 is 2.81 bits per heavy atom. The van der Waals surface area contributed by atoms with E-state index in [9.17, 15) is 9.18 Å². The summed E-state index contributed by atoms with van der Waals surface area (Å²) in [5.74, 6) is -0.259. The standard InChI is InChI=1S/C16H23FN2O2/c1-11-5-6-12(17)9-14(11)18-13-7-8-19(10-13)15(20)21-16(2,3)4/h5-6,9,13,18H,7-8,10H2,1-4H3/t13-/m0/s1. The Hall–Kier alpha value is -1.78. The molecule has 1 aliphatic rings. The topological polar surface area (TPSA) is 41.6 Å². The maximum atomic E-state index is 13.3. The van der Waals surface area contributed by atoms with Crippen LogP contribution in [0.25, 0.3) is 0 Å². The molecular formula is C16H23FN2O2. The fourth-order valence-electron chi connectivity index (χ4n) is 2.34. The lowest BCUT2D eigenvalue weighted by atomic mass is 10.1. The van der Waals surface area contributed by atoms with Gasteiger partial charge >= 0.3 is 6.09 Å². The van der Waals surface area contributed by atoms with Crippen LogP contribution in [0.3, 0.4) is 0 Å². The Balaban J connectivity index is 1.93. The molecule has 1 amide bonds. The summed E-state index contributed by atoms with van der Waals surface area (Å²) in [5.41, 5.74) is 1.29. The molecule has 1 aliphatic heterocycles. The van der Waals surface area contributed by atoms with Crippen molar-refractivity contribution in [1.29, 1.82) is 0 Å². The van der Waals surface area contributed by atoms with Gasteiger partial charge in [0.1, 0.15) is 11.4 Å². The molecule has 2 rings (SSSR count). The zero-order valence-electron chi connectivity index (χ0n) is 13.1. The normalized spacial score (nSPS) is 18.7. The molecule has 0 radical (unpaired) electrons. The van der Waals surface area contributed by atoms with Gasteiger partial charge in [-0.25, -0.2) is 9.18 Å². The van der Waals surface area contributed by atoms with Gasteiger partial charge in [0.25, 0.3) is 0 Å². The zero-order valence-corrected chi connectivity index (χ0v) is 13.1. The summed E-state index contributed by atoms with van der Waals surface area (Å²) in [7, 11) is 0. The van der Waals surface area contributed by atoms with Crippen molar-refractivity contribution in [2.24, 2.45) is 0 Å². The first-order valence-corrected chi connectivity index (χ1v) is 7.25. The van der Waals surface area contributed by atoms with Crippen molar-refractivity contribution >= 4 is 11.8 Å². The van der Waals surface area contributed by atoms with Gasteiger partial charge in [-0.2, -0.15) is 0 Å². The van der Waals surface area contributed by atoms with Crippen LogP contribution in [-0.4, -0.2) is 35.7 Å². The molecule has 1 atom stereocenters. The number of benzene rings is 1. The monoisotopic (exact) mass is 294 g/mol. The Labute approximate surface area is 125 Å². The number of nitrogens with zero attached hydrogens (tertiary/aromatic N) is 1. The van der Waals surface area contributed by atoms with E-state index < -0.39 is 5.60 Å². The van der Waals surface area contributed by atoms with E-state index in [-0.39, 0.29) is 18.0 Å². The van der Waals surface area contributed by atoms with Crippen LogP contribution in [-0.2, 0) is 4.74 Å². The molecule has 0 unspecified atom stereocenters. The summed E-state index contributed by atoms with van der Waals surface area (Å²) >= 11 is 0. The highest BCUT2D eigenvalue weighted by molar-refractivity contribution is 5.68. The lowest BCUT2D eigenvalue weighted by Crippen LogP contribution is -2.36. The molecule has 116 valence electrons. The van der Waals surface area contributed by atoms with E-state index in [1.54, 1.807) is 11.0 Å². The number of hydrogen-bond donors (Lipinski definition) is 1. The third-order valence-electron chi connectivity index (χ3n) is 3.40. The van der Waals surface area contributed by atoms with E-state index in [0.717, 1.165) is 17.7 Å². The Morgan fingerprint density at radius 2 is 2.14 bits per heavy atom. The summed E-state index contributed by atoms with van der Waals surface area (Å²) in [6.07, 6.45) is 0.539. The average Bonchev–Trinajstić information content (AvgIpc) is 2.80. The molecule has 0 saturated carbocycles. The SMILES string of the molecule is Cc1ccc(F)cc1N[C@H]1CCN(C(=O)OC(C)(C)C)C1. The van der Waals surface area contributed by atoms with E-state index in [0.29, 0.717) is 13.1 Å². The minimum atomic E-state index is -0.484. The molecule has 1 aromatic rings. The maximum absolute atomic E-state index is 13.3.